The fourth-order valence-electron chi connectivity index (χ4n) is 8.22. The molecular weight excluding hydrogens is 424 g/mol. The lowest BCUT2D eigenvalue weighted by molar-refractivity contribution is -0.138. The molecule has 4 aliphatic carbocycles. The number of anilines is 1. The number of hydrogen-bond acceptors (Lipinski definition) is 5. The lowest BCUT2D eigenvalue weighted by Crippen LogP contribution is -2.49. The van der Waals surface area contributed by atoms with Gasteiger partial charge < -0.3 is 15.0 Å². The third-order valence-corrected chi connectivity index (χ3v) is 9.34. The van der Waals surface area contributed by atoms with E-state index in [9.17, 15) is 4.79 Å². The molecule has 0 spiro atoms. The summed E-state index contributed by atoms with van der Waals surface area (Å²) in [6, 6.07) is 8.05. The largest absolute Gasteiger partial charge is 0.492 e. The van der Waals surface area contributed by atoms with Crippen LogP contribution in [0.3, 0.4) is 0 Å². The van der Waals surface area contributed by atoms with Gasteiger partial charge in [-0.05, 0) is 86.2 Å². The molecule has 1 N–H and O–H groups in total. The summed E-state index contributed by atoms with van der Waals surface area (Å²) in [5.74, 6) is 4.86. The Kier molecular flexibility index (Phi) is 4.85. The number of aromatic nitrogens is 2. The molecule has 6 nitrogen and oxygen atoms in total. The van der Waals surface area contributed by atoms with Crippen molar-refractivity contribution in [2.75, 3.05) is 25.0 Å². The Bertz CT molecular complexity index is 1080. The molecule has 4 fully saturated rings. The van der Waals surface area contributed by atoms with Crippen LogP contribution in [0.4, 0.5) is 5.82 Å². The minimum absolute atomic E-state index is 0.119. The second kappa shape index (κ2) is 7.96. The van der Waals surface area contributed by atoms with Crippen molar-refractivity contribution in [2.45, 2.75) is 57.9 Å². The summed E-state index contributed by atoms with van der Waals surface area (Å²) < 4.78 is 5.89. The van der Waals surface area contributed by atoms with Gasteiger partial charge in [0.15, 0.2) is 0 Å². The standard InChI is InChI=1S/C28H34N4O2/c33-27(22-10-21-3-1-2-4-25(21)34-15-22)32-6-5-23-24(14-32)30-17-31-26(23)29-16-28-11-18-7-19(12-28)9-20(8-18)13-28/h1-4,17-20,22H,5-16H2,(H,29,30,31). The van der Waals surface area contributed by atoms with Crippen LogP contribution in [0.2, 0.25) is 0 Å². The van der Waals surface area contributed by atoms with Crippen molar-refractivity contribution in [3.8, 4) is 5.75 Å². The average molecular weight is 459 g/mol. The molecule has 34 heavy (non-hydrogen) atoms. The van der Waals surface area contributed by atoms with Gasteiger partial charge >= 0.3 is 0 Å². The Labute approximate surface area is 201 Å². The number of fused-ring (bicyclic) bond motifs is 2. The predicted molar refractivity (Wildman–Crippen MR) is 129 cm³/mol. The molecule has 4 bridgehead atoms. The van der Waals surface area contributed by atoms with Crippen LogP contribution in [-0.2, 0) is 24.2 Å². The van der Waals surface area contributed by atoms with Crippen molar-refractivity contribution < 1.29 is 9.53 Å². The average Bonchev–Trinajstić information content (AvgIpc) is 2.85. The number of nitrogens with one attached hydrogen (secondary N) is 1. The minimum Gasteiger partial charge on any atom is -0.492 e. The number of rotatable bonds is 4. The zero-order valence-electron chi connectivity index (χ0n) is 19.8. The van der Waals surface area contributed by atoms with Gasteiger partial charge in [0.25, 0.3) is 0 Å². The van der Waals surface area contributed by atoms with E-state index in [4.69, 9.17) is 4.74 Å². The van der Waals surface area contributed by atoms with Crippen molar-refractivity contribution in [1.29, 1.82) is 0 Å². The third-order valence-electron chi connectivity index (χ3n) is 9.34. The highest BCUT2D eigenvalue weighted by Gasteiger charge is 2.50. The topological polar surface area (TPSA) is 67.3 Å². The van der Waals surface area contributed by atoms with Crippen LogP contribution in [0.1, 0.15) is 55.3 Å². The van der Waals surface area contributed by atoms with Gasteiger partial charge in [0, 0.05) is 18.7 Å². The number of ether oxygens (including phenoxy) is 1. The molecule has 6 heteroatoms. The van der Waals surface area contributed by atoms with E-state index >= 15 is 0 Å². The fraction of sp³-hybridized carbons (Fsp3) is 0.607. The Morgan fingerprint density at radius 2 is 1.85 bits per heavy atom. The van der Waals surface area contributed by atoms with E-state index in [2.05, 4.69) is 21.4 Å². The third kappa shape index (κ3) is 3.57. The number of para-hydroxylation sites is 1. The molecule has 0 radical (unpaired) electrons. The lowest BCUT2D eigenvalue weighted by Gasteiger charge is -2.57. The van der Waals surface area contributed by atoms with Crippen molar-refractivity contribution in [3.63, 3.8) is 0 Å². The van der Waals surface area contributed by atoms with Crippen LogP contribution in [0.25, 0.3) is 0 Å². The minimum atomic E-state index is -0.119. The van der Waals surface area contributed by atoms with E-state index in [-0.39, 0.29) is 11.8 Å². The van der Waals surface area contributed by atoms with Gasteiger partial charge in [-0.3, -0.25) is 4.79 Å². The normalized spacial score (nSPS) is 33.1. The number of carbonyl (C=O) groups is 1. The smallest absolute Gasteiger partial charge is 0.229 e. The van der Waals surface area contributed by atoms with Crippen LogP contribution in [0, 0.1) is 29.1 Å². The number of benzene rings is 1. The number of hydrogen-bond donors (Lipinski definition) is 1. The Morgan fingerprint density at radius 1 is 1.09 bits per heavy atom. The zero-order chi connectivity index (χ0) is 22.7. The van der Waals surface area contributed by atoms with Crippen LogP contribution in [0.15, 0.2) is 30.6 Å². The van der Waals surface area contributed by atoms with Gasteiger partial charge in [-0.2, -0.15) is 0 Å². The summed E-state index contributed by atoms with van der Waals surface area (Å²) in [4.78, 5) is 24.5. The number of carbonyl (C=O) groups excluding carboxylic acids is 1. The van der Waals surface area contributed by atoms with Crippen molar-refractivity contribution >= 4 is 11.7 Å². The monoisotopic (exact) mass is 458 g/mol. The molecule has 1 aromatic carbocycles. The van der Waals surface area contributed by atoms with Crippen LogP contribution in [-0.4, -0.2) is 40.5 Å². The first-order valence-electron chi connectivity index (χ1n) is 13.2. The Balaban J connectivity index is 1.03. The molecule has 1 unspecified atom stereocenters. The van der Waals surface area contributed by atoms with Gasteiger partial charge in [0.2, 0.25) is 5.91 Å². The summed E-state index contributed by atoms with van der Waals surface area (Å²) in [6.07, 6.45) is 11.9. The summed E-state index contributed by atoms with van der Waals surface area (Å²) >= 11 is 0. The summed E-state index contributed by atoms with van der Waals surface area (Å²) in [6.45, 7) is 2.80. The summed E-state index contributed by atoms with van der Waals surface area (Å²) in [5.41, 5.74) is 3.81. The van der Waals surface area contributed by atoms with Gasteiger partial charge in [0.1, 0.15) is 24.5 Å². The van der Waals surface area contributed by atoms with Crippen LogP contribution >= 0.6 is 0 Å². The maximum atomic E-state index is 13.3. The van der Waals surface area contributed by atoms with E-state index in [1.807, 2.05) is 23.1 Å². The Hall–Kier alpha value is -2.63. The Morgan fingerprint density at radius 3 is 2.65 bits per heavy atom. The molecule has 2 aliphatic heterocycles. The molecular formula is C28H34N4O2. The molecule has 4 saturated carbocycles. The van der Waals surface area contributed by atoms with Gasteiger partial charge in [0.05, 0.1) is 18.2 Å². The highest BCUT2D eigenvalue weighted by Crippen LogP contribution is 2.60. The summed E-state index contributed by atoms with van der Waals surface area (Å²) in [7, 11) is 0. The maximum absolute atomic E-state index is 13.3. The SMILES string of the molecule is O=C(C1COc2ccccc2C1)N1CCc2c(ncnc2NCC23CC4CC(CC(C4)C2)C3)C1. The molecule has 0 saturated heterocycles. The second-order valence-corrected chi connectivity index (χ2v) is 11.7. The van der Waals surface area contributed by atoms with E-state index in [0.717, 1.165) is 66.5 Å². The van der Waals surface area contributed by atoms with Gasteiger partial charge in [-0.15, -0.1) is 0 Å². The first-order chi connectivity index (χ1) is 16.6. The van der Waals surface area contributed by atoms with Crippen molar-refractivity contribution in [1.82, 2.24) is 14.9 Å². The van der Waals surface area contributed by atoms with Gasteiger partial charge in [-0.25, -0.2) is 9.97 Å². The maximum Gasteiger partial charge on any atom is 0.229 e. The molecule has 1 atom stereocenters. The molecule has 178 valence electrons. The first kappa shape index (κ1) is 20.7. The second-order valence-electron chi connectivity index (χ2n) is 11.7. The number of amides is 1. The molecule has 3 heterocycles. The summed E-state index contributed by atoms with van der Waals surface area (Å²) in [5, 5.41) is 3.77. The van der Waals surface area contributed by atoms with E-state index in [1.54, 1.807) is 6.33 Å². The lowest BCUT2D eigenvalue weighted by atomic mass is 9.49. The van der Waals surface area contributed by atoms with E-state index in [1.165, 1.54) is 44.1 Å². The van der Waals surface area contributed by atoms with Crippen LogP contribution in [0.5, 0.6) is 5.75 Å². The molecule has 2 aromatic rings. The van der Waals surface area contributed by atoms with E-state index in [0.29, 0.717) is 18.6 Å². The van der Waals surface area contributed by atoms with Crippen molar-refractivity contribution in [3.05, 3.63) is 47.4 Å². The molecule has 8 rings (SSSR count). The highest BCUT2D eigenvalue weighted by atomic mass is 16.5. The van der Waals surface area contributed by atoms with Crippen LogP contribution < -0.4 is 10.1 Å². The zero-order valence-corrected chi connectivity index (χ0v) is 19.8. The highest BCUT2D eigenvalue weighted by molar-refractivity contribution is 5.80. The fourth-order valence-corrected chi connectivity index (χ4v) is 8.22. The number of nitrogens with zero attached hydrogens (tertiary/aromatic N) is 3. The first-order valence-corrected chi connectivity index (χ1v) is 13.2. The molecule has 6 aliphatic rings. The van der Waals surface area contributed by atoms with E-state index < -0.39 is 0 Å². The molecule has 1 amide bonds. The quantitative estimate of drug-likeness (QED) is 0.742. The van der Waals surface area contributed by atoms with Crippen molar-refractivity contribution in [2.24, 2.45) is 29.1 Å². The predicted octanol–water partition coefficient (Wildman–Crippen LogP) is 4.24. The molecule has 1 aromatic heterocycles. The van der Waals surface area contributed by atoms with Gasteiger partial charge in [-0.1, -0.05) is 18.2 Å².